The fraction of sp³-hybridized carbons (Fsp3) is 0.586. The van der Waals surface area contributed by atoms with Crippen molar-refractivity contribution in [3.05, 3.63) is 46.5 Å². The number of halogens is 2. The second-order valence-electron chi connectivity index (χ2n) is 10.2. The molecule has 3 heterocycles. The largest absolute Gasteiger partial charge is 0.493 e. The van der Waals surface area contributed by atoms with Crippen molar-refractivity contribution in [2.45, 2.75) is 51.1 Å². The molecule has 3 aliphatic rings. The molecule has 206 valence electrons. The standard InChI is InChI=1S/C29H40N2O4.2ClH/c1-6-18-17-31-10-8-20-14-27(33-3)29(35-5)16-23(20)25(31)12-21(18)11-24-22-15-28(34-4)26(32-2)13-19(22)7-9-30-24;;/h13-16,18,21,24-25,30H,6-12,17H2,1-5H3;2*1H/t18-,21-,24?,25?;;/m0../s1. The number of methoxy groups -OCH3 is 4. The van der Waals surface area contributed by atoms with E-state index in [1.165, 1.54) is 41.6 Å². The molecule has 5 rings (SSSR count). The average Bonchev–Trinajstić information content (AvgIpc) is 2.91. The molecule has 2 unspecified atom stereocenters. The first kappa shape index (κ1) is 29.7. The maximum absolute atomic E-state index is 5.68. The minimum Gasteiger partial charge on any atom is -0.493 e. The lowest BCUT2D eigenvalue weighted by atomic mass is 9.72. The fourth-order valence-electron chi connectivity index (χ4n) is 6.74. The molecular weight excluding hydrogens is 511 g/mol. The first-order valence-corrected chi connectivity index (χ1v) is 13.1. The number of hydrogen-bond donors (Lipinski definition) is 1. The van der Waals surface area contributed by atoms with Gasteiger partial charge >= 0.3 is 0 Å². The van der Waals surface area contributed by atoms with Gasteiger partial charge in [0.25, 0.3) is 0 Å². The summed E-state index contributed by atoms with van der Waals surface area (Å²) in [5.74, 6) is 4.69. The van der Waals surface area contributed by atoms with Gasteiger partial charge in [0.2, 0.25) is 0 Å². The molecule has 37 heavy (non-hydrogen) atoms. The highest BCUT2D eigenvalue weighted by atomic mass is 35.5. The first-order valence-electron chi connectivity index (χ1n) is 13.1. The zero-order chi connectivity index (χ0) is 24.5. The topological polar surface area (TPSA) is 52.2 Å². The van der Waals surface area contributed by atoms with E-state index in [0.717, 1.165) is 55.4 Å². The van der Waals surface area contributed by atoms with Crippen LogP contribution in [0.2, 0.25) is 0 Å². The van der Waals surface area contributed by atoms with Crippen molar-refractivity contribution in [1.82, 2.24) is 10.2 Å². The van der Waals surface area contributed by atoms with Crippen LogP contribution in [-0.2, 0) is 12.8 Å². The lowest BCUT2D eigenvalue weighted by Gasteiger charge is -2.48. The summed E-state index contributed by atoms with van der Waals surface area (Å²) in [5, 5.41) is 3.83. The van der Waals surface area contributed by atoms with E-state index in [0.29, 0.717) is 23.9 Å². The van der Waals surface area contributed by atoms with Crippen molar-refractivity contribution in [3.63, 3.8) is 0 Å². The summed E-state index contributed by atoms with van der Waals surface area (Å²) in [6.45, 7) is 5.66. The van der Waals surface area contributed by atoms with Crippen molar-refractivity contribution in [2.75, 3.05) is 48.1 Å². The maximum Gasteiger partial charge on any atom is 0.161 e. The zero-order valence-corrected chi connectivity index (χ0v) is 24.3. The van der Waals surface area contributed by atoms with Crippen LogP contribution in [0, 0.1) is 11.8 Å². The number of piperidine rings is 1. The van der Waals surface area contributed by atoms with Crippen LogP contribution < -0.4 is 24.3 Å². The van der Waals surface area contributed by atoms with Gasteiger partial charge in [-0.3, -0.25) is 4.90 Å². The Bertz CT molecular complexity index is 1060. The van der Waals surface area contributed by atoms with E-state index >= 15 is 0 Å². The van der Waals surface area contributed by atoms with Crippen molar-refractivity contribution in [2.24, 2.45) is 11.8 Å². The number of hydrogen-bond acceptors (Lipinski definition) is 6. The number of rotatable bonds is 7. The van der Waals surface area contributed by atoms with E-state index in [2.05, 4.69) is 41.4 Å². The molecule has 0 amide bonds. The molecule has 4 atom stereocenters. The summed E-state index contributed by atoms with van der Waals surface area (Å²) < 4.78 is 22.5. The monoisotopic (exact) mass is 552 g/mol. The molecule has 2 aromatic rings. The molecule has 0 radical (unpaired) electrons. The Morgan fingerprint density at radius 3 is 1.95 bits per heavy atom. The zero-order valence-electron chi connectivity index (χ0n) is 22.7. The van der Waals surface area contributed by atoms with Gasteiger partial charge in [0, 0.05) is 25.2 Å². The molecule has 2 aromatic carbocycles. The van der Waals surface area contributed by atoms with Gasteiger partial charge < -0.3 is 24.3 Å². The number of ether oxygens (including phenoxy) is 4. The van der Waals surface area contributed by atoms with E-state index in [1.54, 1.807) is 28.4 Å². The molecule has 0 spiro atoms. The van der Waals surface area contributed by atoms with E-state index in [1.807, 2.05) is 0 Å². The SMILES string of the molecule is CC[C@H]1CN2CCc3cc(OC)c(OC)cc3C2C[C@@H]1CC1NCCc2cc(OC)c(OC)cc21.Cl.Cl. The van der Waals surface area contributed by atoms with E-state index < -0.39 is 0 Å². The van der Waals surface area contributed by atoms with Crippen LogP contribution in [-0.4, -0.2) is 53.0 Å². The normalized spacial score (nSPS) is 24.4. The Hall–Kier alpha value is -1.86. The van der Waals surface area contributed by atoms with Crippen LogP contribution in [0.25, 0.3) is 0 Å². The Morgan fingerprint density at radius 1 is 0.784 bits per heavy atom. The second-order valence-corrected chi connectivity index (χ2v) is 10.2. The van der Waals surface area contributed by atoms with Gasteiger partial charge in [-0.1, -0.05) is 13.3 Å². The van der Waals surface area contributed by atoms with Gasteiger partial charge in [0.05, 0.1) is 28.4 Å². The quantitative estimate of drug-likeness (QED) is 0.469. The van der Waals surface area contributed by atoms with Crippen molar-refractivity contribution in [3.8, 4) is 23.0 Å². The van der Waals surface area contributed by atoms with Crippen LogP contribution in [0.4, 0.5) is 0 Å². The highest BCUT2D eigenvalue weighted by Crippen LogP contribution is 2.48. The van der Waals surface area contributed by atoms with Gasteiger partial charge in [-0.05, 0) is 90.6 Å². The van der Waals surface area contributed by atoms with Crippen LogP contribution in [0.1, 0.15) is 60.5 Å². The van der Waals surface area contributed by atoms with E-state index in [4.69, 9.17) is 18.9 Å². The number of benzene rings is 2. The van der Waals surface area contributed by atoms with Gasteiger partial charge in [-0.25, -0.2) is 0 Å². The summed E-state index contributed by atoms with van der Waals surface area (Å²) in [6, 6.07) is 9.61. The third-order valence-electron chi connectivity index (χ3n) is 8.64. The first-order chi connectivity index (χ1) is 17.1. The van der Waals surface area contributed by atoms with Crippen molar-refractivity contribution >= 4 is 24.8 Å². The molecule has 1 fully saturated rings. The highest BCUT2D eigenvalue weighted by molar-refractivity contribution is 5.85. The summed E-state index contributed by atoms with van der Waals surface area (Å²) in [6.07, 6.45) is 5.65. The molecule has 0 aromatic heterocycles. The summed E-state index contributed by atoms with van der Waals surface area (Å²) >= 11 is 0. The molecule has 1 saturated heterocycles. The van der Waals surface area contributed by atoms with Gasteiger partial charge in [0.15, 0.2) is 23.0 Å². The number of nitrogens with one attached hydrogen (secondary N) is 1. The van der Waals surface area contributed by atoms with Crippen molar-refractivity contribution in [1.29, 1.82) is 0 Å². The van der Waals surface area contributed by atoms with Gasteiger partial charge in [-0.2, -0.15) is 0 Å². The molecular formula is C29H42Cl2N2O4. The van der Waals surface area contributed by atoms with Crippen LogP contribution in [0.15, 0.2) is 24.3 Å². The molecule has 6 nitrogen and oxygen atoms in total. The third kappa shape index (κ3) is 5.63. The lowest BCUT2D eigenvalue weighted by molar-refractivity contribution is 0.0434. The fourth-order valence-corrected chi connectivity index (χ4v) is 6.74. The van der Waals surface area contributed by atoms with Crippen LogP contribution in [0.3, 0.4) is 0 Å². The molecule has 0 bridgehead atoms. The molecule has 8 heteroatoms. The summed E-state index contributed by atoms with van der Waals surface area (Å²) in [7, 11) is 6.90. The maximum atomic E-state index is 5.68. The minimum absolute atomic E-state index is 0. The molecule has 1 N–H and O–H groups in total. The number of fused-ring (bicyclic) bond motifs is 4. The van der Waals surface area contributed by atoms with Gasteiger partial charge in [0.1, 0.15) is 0 Å². The average molecular weight is 554 g/mol. The molecule has 0 aliphatic carbocycles. The highest BCUT2D eigenvalue weighted by Gasteiger charge is 2.40. The molecule has 3 aliphatic heterocycles. The van der Waals surface area contributed by atoms with E-state index in [-0.39, 0.29) is 24.8 Å². The van der Waals surface area contributed by atoms with Gasteiger partial charge in [-0.15, -0.1) is 24.8 Å². The van der Waals surface area contributed by atoms with E-state index in [9.17, 15) is 0 Å². The smallest absolute Gasteiger partial charge is 0.161 e. The Kier molecular flexibility index (Phi) is 10.3. The Morgan fingerprint density at radius 2 is 1.35 bits per heavy atom. The van der Waals surface area contributed by atoms with Crippen molar-refractivity contribution < 1.29 is 18.9 Å². The van der Waals surface area contributed by atoms with Crippen LogP contribution >= 0.6 is 24.8 Å². The predicted octanol–water partition coefficient (Wildman–Crippen LogP) is 5.79. The predicted molar refractivity (Wildman–Crippen MR) is 153 cm³/mol. The Balaban J connectivity index is 0.00000190. The third-order valence-corrected chi connectivity index (χ3v) is 8.64. The Labute approximate surface area is 234 Å². The molecule has 0 saturated carbocycles. The van der Waals surface area contributed by atoms with Crippen LogP contribution in [0.5, 0.6) is 23.0 Å². The summed E-state index contributed by atoms with van der Waals surface area (Å²) in [5.41, 5.74) is 5.60. The second kappa shape index (κ2) is 12.8. The lowest BCUT2D eigenvalue weighted by Crippen LogP contribution is -2.46. The summed E-state index contributed by atoms with van der Waals surface area (Å²) in [4.78, 5) is 2.72. The number of nitrogens with zero attached hydrogens (tertiary/aromatic N) is 1. The minimum atomic E-state index is 0.